The van der Waals surface area contributed by atoms with E-state index in [0.717, 1.165) is 15.7 Å². The molecule has 6 heteroatoms. The molecule has 21 heavy (non-hydrogen) atoms. The monoisotopic (exact) mass is 386 g/mol. The molecule has 0 spiro atoms. The van der Waals surface area contributed by atoms with Crippen molar-refractivity contribution in [2.75, 3.05) is 17.2 Å². The third-order valence-corrected chi connectivity index (χ3v) is 4.23. The summed E-state index contributed by atoms with van der Waals surface area (Å²) < 4.78 is 0.994. The van der Waals surface area contributed by atoms with Crippen molar-refractivity contribution in [2.45, 2.75) is 6.92 Å². The van der Waals surface area contributed by atoms with Crippen LogP contribution in [0.2, 0.25) is 10.0 Å². The summed E-state index contributed by atoms with van der Waals surface area (Å²) in [6, 6.07) is 10.8. The van der Waals surface area contributed by atoms with Gasteiger partial charge in [-0.15, -0.1) is 0 Å². The molecule has 0 fully saturated rings. The van der Waals surface area contributed by atoms with E-state index in [4.69, 9.17) is 23.2 Å². The molecular weight excluding hydrogens is 375 g/mol. The van der Waals surface area contributed by atoms with Crippen LogP contribution in [-0.2, 0) is 4.79 Å². The van der Waals surface area contributed by atoms with Crippen LogP contribution in [0.3, 0.4) is 0 Å². The molecule has 0 aliphatic heterocycles. The van der Waals surface area contributed by atoms with Gasteiger partial charge in [-0.2, -0.15) is 0 Å². The zero-order valence-corrected chi connectivity index (χ0v) is 14.3. The van der Waals surface area contributed by atoms with Gasteiger partial charge in [0.25, 0.3) is 0 Å². The highest BCUT2D eigenvalue weighted by Crippen LogP contribution is 2.25. The lowest BCUT2D eigenvalue weighted by atomic mass is 10.2. The Labute approximate surface area is 141 Å². The summed E-state index contributed by atoms with van der Waals surface area (Å²) in [5.41, 5.74) is 2.54. The van der Waals surface area contributed by atoms with Gasteiger partial charge in [0.1, 0.15) is 0 Å². The summed E-state index contributed by atoms with van der Waals surface area (Å²) in [6.45, 7) is 2.15. The minimum atomic E-state index is -0.184. The number of carbonyl (C=O) groups excluding carboxylic acids is 1. The fraction of sp³-hybridized carbons (Fsp3) is 0.133. The van der Waals surface area contributed by atoms with Crippen LogP contribution in [0.1, 0.15) is 5.56 Å². The molecule has 0 aliphatic carbocycles. The third-order valence-electron chi connectivity index (χ3n) is 2.83. The first kappa shape index (κ1) is 16.1. The summed E-state index contributed by atoms with van der Waals surface area (Å²) in [5.74, 6) is -0.184. The molecule has 1 amide bonds. The number of hydrogen-bond acceptors (Lipinski definition) is 2. The number of anilines is 2. The molecule has 0 saturated heterocycles. The lowest BCUT2D eigenvalue weighted by molar-refractivity contribution is -0.114. The average molecular weight is 388 g/mol. The second-order valence-electron chi connectivity index (χ2n) is 4.49. The van der Waals surface area contributed by atoms with Gasteiger partial charge in [0.05, 0.1) is 17.3 Å². The van der Waals surface area contributed by atoms with Crippen molar-refractivity contribution in [3.05, 3.63) is 56.5 Å². The maximum Gasteiger partial charge on any atom is 0.243 e. The summed E-state index contributed by atoms with van der Waals surface area (Å²) in [7, 11) is 0. The number of halogens is 3. The fourth-order valence-corrected chi connectivity index (χ4v) is 2.50. The number of aryl methyl sites for hydroxylation is 1. The number of hydrogen-bond donors (Lipinski definition) is 2. The van der Waals surface area contributed by atoms with Crippen molar-refractivity contribution >= 4 is 56.4 Å². The Morgan fingerprint density at radius 3 is 2.62 bits per heavy atom. The molecule has 3 nitrogen and oxygen atoms in total. The van der Waals surface area contributed by atoms with Gasteiger partial charge in [-0.25, -0.2) is 0 Å². The third kappa shape index (κ3) is 4.63. The maximum atomic E-state index is 11.9. The molecule has 0 saturated carbocycles. The standard InChI is InChI=1S/C15H13BrCl2N2O/c1-9-2-4-11(7-12(9)16)19-8-15(21)20-14-5-3-10(17)6-13(14)18/h2-7,19H,8H2,1H3,(H,20,21). The molecule has 0 bridgehead atoms. The van der Waals surface area contributed by atoms with Gasteiger partial charge < -0.3 is 10.6 Å². The maximum absolute atomic E-state index is 11.9. The summed E-state index contributed by atoms with van der Waals surface area (Å²) in [5, 5.41) is 6.72. The number of rotatable bonds is 4. The number of amides is 1. The van der Waals surface area contributed by atoms with E-state index in [2.05, 4.69) is 26.6 Å². The second-order valence-corrected chi connectivity index (χ2v) is 6.19. The summed E-state index contributed by atoms with van der Waals surface area (Å²) in [6.07, 6.45) is 0. The molecule has 110 valence electrons. The zero-order chi connectivity index (χ0) is 15.4. The predicted octanol–water partition coefficient (Wildman–Crippen LogP) is 5.11. The van der Waals surface area contributed by atoms with Gasteiger partial charge in [-0.1, -0.05) is 45.2 Å². The lowest BCUT2D eigenvalue weighted by Gasteiger charge is -2.10. The number of nitrogens with one attached hydrogen (secondary N) is 2. The van der Waals surface area contributed by atoms with E-state index in [9.17, 15) is 4.79 Å². The first-order valence-electron chi connectivity index (χ1n) is 6.20. The predicted molar refractivity (Wildman–Crippen MR) is 92.5 cm³/mol. The molecule has 2 aromatic rings. The molecule has 0 atom stereocenters. The van der Waals surface area contributed by atoms with Crippen LogP contribution < -0.4 is 10.6 Å². The van der Waals surface area contributed by atoms with Crippen LogP contribution in [0.4, 0.5) is 11.4 Å². The second kappa shape index (κ2) is 7.16. The van der Waals surface area contributed by atoms with E-state index in [1.54, 1.807) is 18.2 Å². The highest BCUT2D eigenvalue weighted by Gasteiger charge is 2.06. The lowest BCUT2D eigenvalue weighted by Crippen LogP contribution is -2.21. The van der Waals surface area contributed by atoms with Gasteiger partial charge in [-0.3, -0.25) is 4.79 Å². The van der Waals surface area contributed by atoms with E-state index < -0.39 is 0 Å². The fourth-order valence-electron chi connectivity index (χ4n) is 1.67. The Morgan fingerprint density at radius 2 is 1.95 bits per heavy atom. The Bertz CT molecular complexity index is 677. The van der Waals surface area contributed by atoms with Crippen molar-refractivity contribution in [1.29, 1.82) is 0 Å². The Hall–Kier alpha value is -1.23. The topological polar surface area (TPSA) is 41.1 Å². The minimum absolute atomic E-state index is 0.147. The molecule has 0 unspecified atom stereocenters. The van der Waals surface area contributed by atoms with Crippen LogP contribution in [0.25, 0.3) is 0 Å². The Balaban J connectivity index is 1.94. The van der Waals surface area contributed by atoms with E-state index in [-0.39, 0.29) is 12.5 Å². The van der Waals surface area contributed by atoms with Gasteiger partial charge in [0.15, 0.2) is 0 Å². The van der Waals surface area contributed by atoms with Gasteiger partial charge in [0.2, 0.25) is 5.91 Å². The molecule has 2 rings (SSSR count). The smallest absolute Gasteiger partial charge is 0.243 e. The molecule has 0 aromatic heterocycles. The largest absolute Gasteiger partial charge is 0.376 e. The summed E-state index contributed by atoms with van der Waals surface area (Å²) in [4.78, 5) is 11.9. The Morgan fingerprint density at radius 1 is 1.19 bits per heavy atom. The SMILES string of the molecule is Cc1ccc(NCC(=O)Nc2ccc(Cl)cc2Cl)cc1Br. The highest BCUT2D eigenvalue weighted by molar-refractivity contribution is 9.10. The van der Waals surface area contributed by atoms with E-state index in [1.165, 1.54) is 0 Å². The van der Waals surface area contributed by atoms with Gasteiger partial charge in [-0.05, 0) is 42.8 Å². The quantitative estimate of drug-likeness (QED) is 0.764. The molecular formula is C15H13BrCl2N2O. The van der Waals surface area contributed by atoms with Crippen LogP contribution in [0.5, 0.6) is 0 Å². The molecule has 0 aliphatic rings. The van der Waals surface area contributed by atoms with Crippen LogP contribution >= 0.6 is 39.1 Å². The molecule has 2 aromatic carbocycles. The van der Waals surface area contributed by atoms with Crippen molar-refractivity contribution < 1.29 is 4.79 Å². The molecule has 2 N–H and O–H groups in total. The van der Waals surface area contributed by atoms with Crippen LogP contribution in [0, 0.1) is 6.92 Å². The normalized spacial score (nSPS) is 10.3. The van der Waals surface area contributed by atoms with Gasteiger partial charge in [0, 0.05) is 15.2 Å². The summed E-state index contributed by atoms with van der Waals surface area (Å²) >= 11 is 15.3. The van der Waals surface area contributed by atoms with Crippen molar-refractivity contribution in [2.24, 2.45) is 0 Å². The van der Waals surface area contributed by atoms with Crippen molar-refractivity contribution in [3.8, 4) is 0 Å². The van der Waals surface area contributed by atoms with Gasteiger partial charge >= 0.3 is 0 Å². The van der Waals surface area contributed by atoms with Crippen LogP contribution in [0.15, 0.2) is 40.9 Å². The van der Waals surface area contributed by atoms with E-state index >= 15 is 0 Å². The minimum Gasteiger partial charge on any atom is -0.376 e. The average Bonchev–Trinajstić information content (AvgIpc) is 2.43. The highest BCUT2D eigenvalue weighted by atomic mass is 79.9. The van der Waals surface area contributed by atoms with E-state index in [1.807, 2.05) is 25.1 Å². The Kier molecular flexibility index (Phi) is 5.51. The number of carbonyl (C=O) groups is 1. The van der Waals surface area contributed by atoms with E-state index in [0.29, 0.717) is 15.7 Å². The van der Waals surface area contributed by atoms with Crippen molar-refractivity contribution in [1.82, 2.24) is 0 Å². The first-order valence-corrected chi connectivity index (χ1v) is 7.75. The zero-order valence-electron chi connectivity index (χ0n) is 11.2. The first-order chi connectivity index (χ1) is 9.95. The van der Waals surface area contributed by atoms with Crippen molar-refractivity contribution in [3.63, 3.8) is 0 Å². The molecule has 0 heterocycles. The number of benzene rings is 2. The molecule has 0 radical (unpaired) electrons. The van der Waals surface area contributed by atoms with Crippen LogP contribution in [-0.4, -0.2) is 12.5 Å².